The predicted octanol–water partition coefficient (Wildman–Crippen LogP) is 3.66. The Morgan fingerprint density at radius 3 is 2.35 bits per heavy atom. The summed E-state index contributed by atoms with van der Waals surface area (Å²) in [6.45, 7) is 9.54. The Morgan fingerprint density at radius 1 is 1.06 bits per heavy atom. The third-order valence-corrected chi connectivity index (χ3v) is 5.47. The van der Waals surface area contributed by atoms with Crippen molar-refractivity contribution in [2.45, 2.75) is 32.4 Å². The lowest BCUT2D eigenvalue weighted by molar-refractivity contribution is 0.208. The number of hydrazine groups is 1. The minimum absolute atomic E-state index is 0.196. The van der Waals surface area contributed by atoms with Crippen LogP contribution in [0.4, 0.5) is 5.69 Å². The number of anilines is 1. The minimum Gasteiger partial charge on any atom is -0.508 e. The van der Waals surface area contributed by atoms with Crippen LogP contribution in [-0.4, -0.2) is 47.6 Å². The molecule has 1 atom stereocenters. The SMILES string of the molecule is CC(C)(C)N=C(NN)C(c1cc2ccccc2o1)N1CCN(c2ccc(O)cc2)CC1. The highest BCUT2D eigenvalue weighted by Gasteiger charge is 2.32. The molecule has 3 aromatic rings. The zero-order valence-electron chi connectivity index (χ0n) is 18.4. The molecule has 7 heteroatoms. The summed E-state index contributed by atoms with van der Waals surface area (Å²) in [7, 11) is 0. The van der Waals surface area contributed by atoms with Crippen LogP contribution in [0.1, 0.15) is 32.6 Å². The van der Waals surface area contributed by atoms with E-state index in [1.54, 1.807) is 12.1 Å². The van der Waals surface area contributed by atoms with Gasteiger partial charge in [-0.15, -0.1) is 0 Å². The average Bonchev–Trinajstić information content (AvgIpc) is 3.17. The van der Waals surface area contributed by atoms with E-state index >= 15 is 0 Å². The van der Waals surface area contributed by atoms with Crippen molar-refractivity contribution in [3.05, 3.63) is 60.4 Å². The summed E-state index contributed by atoms with van der Waals surface area (Å²) in [6, 6.07) is 17.3. The Morgan fingerprint density at radius 2 is 1.74 bits per heavy atom. The fourth-order valence-electron chi connectivity index (χ4n) is 4.06. The molecule has 1 aliphatic heterocycles. The second kappa shape index (κ2) is 8.61. The third-order valence-electron chi connectivity index (χ3n) is 5.47. The fraction of sp³-hybridized carbons (Fsp3) is 0.375. The van der Waals surface area contributed by atoms with Crippen LogP contribution >= 0.6 is 0 Å². The van der Waals surface area contributed by atoms with E-state index in [4.69, 9.17) is 15.3 Å². The molecule has 2 aromatic carbocycles. The van der Waals surface area contributed by atoms with Crippen molar-refractivity contribution in [2.75, 3.05) is 31.1 Å². The first kappa shape index (κ1) is 21.2. The molecule has 31 heavy (non-hydrogen) atoms. The van der Waals surface area contributed by atoms with E-state index in [1.165, 1.54) is 0 Å². The van der Waals surface area contributed by atoms with E-state index in [1.807, 2.05) is 30.3 Å². The van der Waals surface area contributed by atoms with Gasteiger partial charge in [-0.3, -0.25) is 9.89 Å². The molecular weight excluding hydrogens is 390 g/mol. The van der Waals surface area contributed by atoms with E-state index < -0.39 is 0 Å². The number of aliphatic imine (C=N–C) groups is 1. The number of hydrogen-bond acceptors (Lipinski definition) is 6. The van der Waals surface area contributed by atoms with Gasteiger partial charge < -0.3 is 19.8 Å². The summed E-state index contributed by atoms with van der Waals surface area (Å²) in [6.07, 6.45) is 0. The number of amidine groups is 1. The van der Waals surface area contributed by atoms with Gasteiger partial charge in [0.25, 0.3) is 0 Å². The first-order valence-corrected chi connectivity index (χ1v) is 10.7. The van der Waals surface area contributed by atoms with Crippen molar-refractivity contribution in [1.82, 2.24) is 10.3 Å². The second-order valence-corrected chi connectivity index (χ2v) is 8.94. The van der Waals surface area contributed by atoms with Crippen molar-refractivity contribution in [1.29, 1.82) is 0 Å². The van der Waals surface area contributed by atoms with Gasteiger partial charge >= 0.3 is 0 Å². The summed E-state index contributed by atoms with van der Waals surface area (Å²) < 4.78 is 6.25. The highest BCUT2D eigenvalue weighted by atomic mass is 16.3. The Bertz CT molecular complexity index is 1010. The number of nitrogens with two attached hydrogens (primary N) is 1. The molecule has 0 saturated carbocycles. The number of hydrogen-bond donors (Lipinski definition) is 3. The maximum atomic E-state index is 9.57. The van der Waals surface area contributed by atoms with Gasteiger partial charge in [-0.2, -0.15) is 0 Å². The Balaban J connectivity index is 1.63. The van der Waals surface area contributed by atoms with E-state index in [9.17, 15) is 5.11 Å². The number of piperazine rings is 1. The first-order valence-electron chi connectivity index (χ1n) is 10.7. The lowest BCUT2D eigenvalue weighted by Crippen LogP contribution is -2.52. The smallest absolute Gasteiger partial charge is 0.136 e. The van der Waals surface area contributed by atoms with Crippen molar-refractivity contribution >= 4 is 22.5 Å². The minimum atomic E-state index is -0.278. The van der Waals surface area contributed by atoms with E-state index in [2.05, 4.69) is 48.1 Å². The van der Waals surface area contributed by atoms with E-state index in [0.717, 1.165) is 48.6 Å². The van der Waals surface area contributed by atoms with E-state index in [0.29, 0.717) is 5.84 Å². The van der Waals surface area contributed by atoms with Gasteiger partial charge in [-0.1, -0.05) is 18.2 Å². The fourth-order valence-corrected chi connectivity index (χ4v) is 4.06. The summed E-state index contributed by atoms with van der Waals surface area (Å²) in [4.78, 5) is 9.56. The molecule has 164 valence electrons. The molecule has 1 aliphatic rings. The van der Waals surface area contributed by atoms with Crippen LogP contribution in [0.3, 0.4) is 0 Å². The normalized spacial score (nSPS) is 17.2. The Kier molecular flexibility index (Phi) is 5.89. The molecule has 0 radical (unpaired) electrons. The van der Waals surface area contributed by atoms with Crippen LogP contribution in [0.5, 0.6) is 5.75 Å². The van der Waals surface area contributed by atoms with Crippen molar-refractivity contribution in [3.63, 3.8) is 0 Å². The number of nitrogens with zero attached hydrogens (tertiary/aromatic N) is 3. The predicted molar refractivity (Wildman–Crippen MR) is 125 cm³/mol. The maximum absolute atomic E-state index is 9.57. The van der Waals surface area contributed by atoms with Crippen molar-refractivity contribution in [3.8, 4) is 5.75 Å². The number of rotatable bonds is 4. The van der Waals surface area contributed by atoms with Gasteiger partial charge in [0, 0.05) is 37.3 Å². The molecule has 4 N–H and O–H groups in total. The molecule has 7 nitrogen and oxygen atoms in total. The highest BCUT2D eigenvalue weighted by Crippen LogP contribution is 2.31. The number of para-hydroxylation sites is 1. The van der Waals surface area contributed by atoms with Gasteiger partial charge in [-0.25, -0.2) is 5.84 Å². The van der Waals surface area contributed by atoms with Gasteiger partial charge in [0.1, 0.15) is 29.0 Å². The quantitative estimate of drug-likeness (QED) is 0.258. The third kappa shape index (κ3) is 4.84. The van der Waals surface area contributed by atoms with Gasteiger partial charge in [-0.05, 0) is 57.2 Å². The van der Waals surface area contributed by atoms with Crippen molar-refractivity contribution in [2.24, 2.45) is 10.8 Å². The number of fused-ring (bicyclic) bond motifs is 1. The second-order valence-electron chi connectivity index (χ2n) is 8.94. The van der Waals surface area contributed by atoms with Crippen molar-refractivity contribution < 1.29 is 9.52 Å². The van der Waals surface area contributed by atoms with Gasteiger partial charge in [0.2, 0.25) is 0 Å². The molecule has 1 aromatic heterocycles. The molecular formula is C24H31N5O2. The van der Waals surface area contributed by atoms with Crippen LogP contribution < -0.4 is 16.2 Å². The summed E-state index contributed by atoms with van der Waals surface area (Å²) in [5, 5.41) is 10.6. The molecule has 1 saturated heterocycles. The lowest BCUT2D eigenvalue weighted by Gasteiger charge is -2.40. The summed E-state index contributed by atoms with van der Waals surface area (Å²) >= 11 is 0. The molecule has 1 fully saturated rings. The van der Waals surface area contributed by atoms with Gasteiger partial charge in [0.05, 0.1) is 5.54 Å². The van der Waals surface area contributed by atoms with E-state index in [-0.39, 0.29) is 17.3 Å². The molecule has 0 bridgehead atoms. The summed E-state index contributed by atoms with van der Waals surface area (Å²) in [5.41, 5.74) is 4.55. The highest BCUT2D eigenvalue weighted by molar-refractivity contribution is 5.89. The number of aromatic hydroxyl groups is 1. The van der Waals surface area contributed by atoms with Crippen LogP contribution in [0.2, 0.25) is 0 Å². The van der Waals surface area contributed by atoms with Crippen LogP contribution in [-0.2, 0) is 0 Å². The number of furan rings is 1. The molecule has 0 spiro atoms. The average molecular weight is 422 g/mol. The van der Waals surface area contributed by atoms with Gasteiger partial charge in [0.15, 0.2) is 0 Å². The monoisotopic (exact) mass is 421 g/mol. The van der Waals surface area contributed by atoms with Crippen LogP contribution in [0.25, 0.3) is 11.0 Å². The molecule has 4 rings (SSSR count). The lowest BCUT2D eigenvalue weighted by atomic mass is 10.1. The molecule has 0 aliphatic carbocycles. The number of phenolic OH excluding ortho intramolecular Hbond substituents is 1. The van der Waals surface area contributed by atoms with Crippen LogP contribution in [0.15, 0.2) is 64.0 Å². The molecule has 2 heterocycles. The summed E-state index contributed by atoms with van der Waals surface area (Å²) in [5.74, 6) is 7.78. The molecule has 0 amide bonds. The number of phenols is 1. The Labute approximate surface area is 183 Å². The standard InChI is InChI=1S/C24H31N5O2/c1-24(2,3)26-23(27-25)22(21-16-17-6-4-5-7-20(17)31-21)29-14-12-28(13-15-29)18-8-10-19(30)11-9-18/h4-11,16,22,30H,12-15,25H2,1-3H3,(H,26,27). The topological polar surface area (TPSA) is 90.3 Å². The van der Waals surface area contributed by atoms with Crippen LogP contribution in [0, 0.1) is 0 Å². The molecule has 1 unspecified atom stereocenters. The zero-order chi connectivity index (χ0) is 22.0. The maximum Gasteiger partial charge on any atom is 0.136 e. The Hall–Kier alpha value is -3.03. The zero-order valence-corrected chi connectivity index (χ0v) is 18.4. The number of nitrogens with one attached hydrogen (secondary N) is 1. The largest absolute Gasteiger partial charge is 0.508 e. The first-order chi connectivity index (χ1) is 14.8. The number of benzene rings is 2.